The standard InChI is InChI=1S/C10H6N14O4/c11-5-1-3(15-9(13-1)23(25)26)7(19-17-5)21-22-8-4-2(6(12)18-20-8)14-10(16-4)24(27)28/h(H2,11,17)(H2,12,18)(H,13,15)(H,14,16). The average Bonchev–Trinajstić information content (AvgIpc) is 3.28. The predicted molar refractivity (Wildman–Crippen MR) is 89.7 cm³/mol. The van der Waals surface area contributed by atoms with Gasteiger partial charge in [0.2, 0.25) is 22.7 Å². The van der Waals surface area contributed by atoms with Gasteiger partial charge in [-0.25, -0.2) is 9.97 Å². The van der Waals surface area contributed by atoms with E-state index in [4.69, 9.17) is 11.5 Å². The van der Waals surface area contributed by atoms with Crippen LogP contribution in [0, 0.1) is 20.2 Å². The molecule has 0 saturated carbocycles. The average molecular weight is 386 g/mol. The second kappa shape index (κ2) is 5.82. The maximum Gasteiger partial charge on any atom is 0.433 e. The van der Waals surface area contributed by atoms with Crippen molar-refractivity contribution in [3.8, 4) is 0 Å². The van der Waals surface area contributed by atoms with E-state index in [0.717, 1.165) is 0 Å². The lowest BCUT2D eigenvalue weighted by Crippen LogP contribution is -1.95. The van der Waals surface area contributed by atoms with Gasteiger partial charge in [0.05, 0.1) is 0 Å². The van der Waals surface area contributed by atoms with Gasteiger partial charge in [0, 0.05) is 0 Å². The van der Waals surface area contributed by atoms with Crippen molar-refractivity contribution in [3.63, 3.8) is 0 Å². The molecule has 0 aliphatic carbocycles. The van der Waals surface area contributed by atoms with Gasteiger partial charge in [0.15, 0.2) is 22.7 Å². The molecule has 0 bridgehead atoms. The Kier molecular flexibility index (Phi) is 3.45. The summed E-state index contributed by atoms with van der Waals surface area (Å²) in [6, 6.07) is 0. The fourth-order valence-corrected chi connectivity index (χ4v) is 2.22. The van der Waals surface area contributed by atoms with E-state index >= 15 is 0 Å². The molecule has 0 saturated heterocycles. The maximum absolute atomic E-state index is 10.9. The van der Waals surface area contributed by atoms with Crippen LogP contribution in [0.2, 0.25) is 0 Å². The Morgan fingerprint density at radius 2 is 1.14 bits per heavy atom. The molecule has 0 aromatic carbocycles. The summed E-state index contributed by atoms with van der Waals surface area (Å²) in [7, 11) is 0. The molecule has 0 fully saturated rings. The normalized spacial score (nSPS) is 11.6. The van der Waals surface area contributed by atoms with Crippen LogP contribution in [0.1, 0.15) is 0 Å². The van der Waals surface area contributed by atoms with Gasteiger partial charge in [-0.2, -0.15) is 0 Å². The van der Waals surface area contributed by atoms with Crippen LogP contribution >= 0.6 is 0 Å². The van der Waals surface area contributed by atoms with Gasteiger partial charge in [0.25, 0.3) is 0 Å². The van der Waals surface area contributed by atoms with Gasteiger partial charge >= 0.3 is 11.9 Å². The molecule has 28 heavy (non-hydrogen) atoms. The molecule has 6 N–H and O–H groups in total. The quantitative estimate of drug-likeness (QED) is 0.211. The highest BCUT2D eigenvalue weighted by molar-refractivity contribution is 5.93. The highest BCUT2D eigenvalue weighted by Gasteiger charge is 2.23. The summed E-state index contributed by atoms with van der Waals surface area (Å²) in [5, 5.41) is 43.9. The molecule has 4 aromatic rings. The predicted octanol–water partition coefficient (Wildman–Crippen LogP) is 0.415. The number of nitro groups is 2. The number of nitrogen functional groups attached to an aromatic ring is 2. The van der Waals surface area contributed by atoms with E-state index in [0.29, 0.717) is 0 Å². The van der Waals surface area contributed by atoms with E-state index in [1.165, 1.54) is 0 Å². The largest absolute Gasteiger partial charge is 0.433 e. The highest BCUT2D eigenvalue weighted by atomic mass is 16.6. The minimum atomic E-state index is -0.765. The van der Waals surface area contributed by atoms with Crippen LogP contribution in [0.3, 0.4) is 0 Å². The molecule has 0 aliphatic heterocycles. The molecule has 0 spiro atoms. The number of nitrogens with zero attached hydrogens (tertiary/aromatic N) is 10. The molecule has 0 amide bonds. The number of azo groups is 1. The molecule has 4 aromatic heterocycles. The van der Waals surface area contributed by atoms with E-state index < -0.39 is 21.7 Å². The number of aromatic nitrogens is 8. The summed E-state index contributed by atoms with van der Waals surface area (Å²) in [4.78, 5) is 32.4. The van der Waals surface area contributed by atoms with Crippen molar-refractivity contribution >= 4 is 57.2 Å². The van der Waals surface area contributed by atoms with Crippen molar-refractivity contribution in [2.24, 2.45) is 10.2 Å². The van der Waals surface area contributed by atoms with Gasteiger partial charge < -0.3 is 31.7 Å². The van der Waals surface area contributed by atoms with Crippen molar-refractivity contribution < 1.29 is 9.85 Å². The SMILES string of the molecule is Nc1nnc(N=Nc2nnc(N)c3nc([N+](=O)[O-])[nH]c23)c2[nH]c([N+](=O)[O-])nc12. The van der Waals surface area contributed by atoms with Crippen LogP contribution in [0.15, 0.2) is 10.2 Å². The van der Waals surface area contributed by atoms with E-state index in [2.05, 4.69) is 50.6 Å². The molecule has 0 unspecified atom stereocenters. The first-order chi connectivity index (χ1) is 13.3. The molecule has 140 valence electrons. The third kappa shape index (κ3) is 2.53. The number of aromatic amines is 2. The number of rotatable bonds is 4. The lowest BCUT2D eigenvalue weighted by atomic mass is 10.4. The first kappa shape index (κ1) is 16.6. The maximum atomic E-state index is 10.9. The Morgan fingerprint density at radius 3 is 1.50 bits per heavy atom. The Balaban J connectivity index is 1.84. The van der Waals surface area contributed by atoms with Crippen LogP contribution in [-0.4, -0.2) is 50.2 Å². The van der Waals surface area contributed by atoms with Crippen molar-refractivity contribution in [2.75, 3.05) is 11.5 Å². The monoisotopic (exact) mass is 386 g/mol. The van der Waals surface area contributed by atoms with Crippen LogP contribution in [0.25, 0.3) is 22.1 Å². The number of hydrogen-bond donors (Lipinski definition) is 4. The van der Waals surface area contributed by atoms with Crippen molar-refractivity contribution in [1.82, 2.24) is 40.3 Å². The van der Waals surface area contributed by atoms with E-state index in [1.54, 1.807) is 0 Å². The van der Waals surface area contributed by atoms with Crippen LogP contribution in [0.5, 0.6) is 0 Å². The number of hydrogen-bond acceptors (Lipinski definition) is 14. The zero-order chi connectivity index (χ0) is 20.0. The van der Waals surface area contributed by atoms with E-state index in [9.17, 15) is 20.2 Å². The van der Waals surface area contributed by atoms with Crippen molar-refractivity contribution in [2.45, 2.75) is 0 Å². The Bertz CT molecular complexity index is 1200. The first-order valence-electron chi connectivity index (χ1n) is 7.09. The molecular formula is C10H6N14O4. The third-order valence-corrected chi connectivity index (χ3v) is 3.41. The summed E-state index contributed by atoms with van der Waals surface area (Å²) >= 11 is 0. The molecular weight excluding hydrogens is 380 g/mol. The van der Waals surface area contributed by atoms with Gasteiger partial charge in [0.1, 0.15) is 0 Å². The lowest BCUT2D eigenvalue weighted by Gasteiger charge is -1.94. The first-order valence-corrected chi connectivity index (χ1v) is 7.09. The number of imidazole rings is 2. The summed E-state index contributed by atoms with van der Waals surface area (Å²) in [5.41, 5.74) is 11.2. The number of H-pyrrole nitrogens is 2. The number of anilines is 2. The van der Waals surface area contributed by atoms with E-state index in [1.807, 2.05) is 0 Å². The van der Waals surface area contributed by atoms with Gasteiger partial charge in [-0.1, -0.05) is 9.97 Å². The number of fused-ring (bicyclic) bond motifs is 2. The zero-order valence-electron chi connectivity index (χ0n) is 13.3. The number of nitrogens with one attached hydrogen (secondary N) is 2. The molecule has 4 heterocycles. The Hall–Kier alpha value is -4.90. The molecule has 0 atom stereocenters. The lowest BCUT2D eigenvalue weighted by molar-refractivity contribution is -0.393. The van der Waals surface area contributed by atoms with Crippen molar-refractivity contribution in [1.29, 1.82) is 0 Å². The molecule has 0 aliphatic rings. The third-order valence-electron chi connectivity index (χ3n) is 3.41. The smallest absolute Gasteiger partial charge is 0.390 e. The number of nitrogens with two attached hydrogens (primary N) is 2. The molecule has 18 nitrogen and oxygen atoms in total. The summed E-state index contributed by atoms with van der Waals surface area (Å²) < 4.78 is 0. The second-order valence-corrected chi connectivity index (χ2v) is 5.10. The summed E-state index contributed by atoms with van der Waals surface area (Å²) in [6.45, 7) is 0. The van der Waals surface area contributed by atoms with Crippen molar-refractivity contribution in [3.05, 3.63) is 20.2 Å². The van der Waals surface area contributed by atoms with Crippen LogP contribution < -0.4 is 11.5 Å². The molecule has 18 heteroatoms. The van der Waals surface area contributed by atoms with Gasteiger partial charge in [-0.05, 0) is 9.85 Å². The zero-order valence-corrected chi connectivity index (χ0v) is 13.3. The summed E-state index contributed by atoms with van der Waals surface area (Å²) in [6.07, 6.45) is 0. The Labute approximate surface area is 150 Å². The fraction of sp³-hybridized carbons (Fsp3) is 0. The Morgan fingerprint density at radius 1 is 0.750 bits per heavy atom. The summed E-state index contributed by atoms with van der Waals surface area (Å²) in [5.74, 6) is -1.87. The molecule has 0 radical (unpaired) electrons. The highest BCUT2D eigenvalue weighted by Crippen LogP contribution is 2.30. The van der Waals surface area contributed by atoms with Crippen LogP contribution in [-0.2, 0) is 0 Å². The minimum absolute atomic E-state index is 0.0122. The second-order valence-electron chi connectivity index (χ2n) is 5.10. The molecule has 4 rings (SSSR count). The van der Waals surface area contributed by atoms with Gasteiger partial charge in [-0.3, -0.25) is 0 Å². The van der Waals surface area contributed by atoms with Gasteiger partial charge in [-0.15, -0.1) is 30.6 Å². The fourth-order valence-electron chi connectivity index (χ4n) is 2.22. The van der Waals surface area contributed by atoms with E-state index in [-0.39, 0.29) is 45.3 Å². The topological polar surface area (TPSA) is 272 Å². The minimum Gasteiger partial charge on any atom is -0.390 e. The van der Waals surface area contributed by atoms with Crippen LogP contribution in [0.4, 0.5) is 35.2 Å².